The number of nitrogens with one attached hydrogen (secondary N) is 3. The maximum absolute atomic E-state index is 14.6. The molecule has 2 aromatic carbocycles. The molecule has 0 radical (unpaired) electrons. The number of hydrogen-bond acceptors (Lipinski definition) is 9. The van der Waals surface area contributed by atoms with Crippen molar-refractivity contribution in [1.29, 1.82) is 0 Å². The highest BCUT2D eigenvalue weighted by atomic mass is 16.5. The highest BCUT2D eigenvalue weighted by molar-refractivity contribution is 5.97. The van der Waals surface area contributed by atoms with E-state index in [1.807, 2.05) is 39.0 Å². The van der Waals surface area contributed by atoms with Gasteiger partial charge in [-0.05, 0) is 97.7 Å². The van der Waals surface area contributed by atoms with E-state index in [-0.39, 0.29) is 36.9 Å². The van der Waals surface area contributed by atoms with Gasteiger partial charge in [-0.2, -0.15) is 0 Å². The minimum Gasteiger partial charge on any atom is -0.464 e. The van der Waals surface area contributed by atoms with Crippen molar-refractivity contribution in [2.45, 2.75) is 112 Å². The molecule has 6 rings (SSSR count). The van der Waals surface area contributed by atoms with Gasteiger partial charge in [-0.3, -0.25) is 34.0 Å². The van der Waals surface area contributed by atoms with Crippen molar-refractivity contribution < 1.29 is 33.4 Å². The zero-order valence-electron chi connectivity index (χ0n) is 37.2. The highest BCUT2D eigenvalue weighted by Gasteiger charge is 2.37. The lowest BCUT2D eigenvalue weighted by atomic mass is 9.84. The number of amides is 4. The van der Waals surface area contributed by atoms with E-state index in [0.29, 0.717) is 43.6 Å². The predicted molar refractivity (Wildman–Crippen MR) is 235 cm³/mol. The Labute approximate surface area is 358 Å². The van der Waals surface area contributed by atoms with Crippen LogP contribution in [0.4, 0.5) is 5.69 Å². The van der Waals surface area contributed by atoms with Gasteiger partial charge in [0.15, 0.2) is 0 Å². The molecule has 3 N–H and O–H groups in total. The van der Waals surface area contributed by atoms with E-state index in [2.05, 4.69) is 65.7 Å². The summed E-state index contributed by atoms with van der Waals surface area (Å²) in [6.45, 7) is 15.9. The number of benzene rings is 2. The largest absolute Gasteiger partial charge is 0.464 e. The molecule has 4 heterocycles. The Kier molecular flexibility index (Phi) is 13.7. The van der Waals surface area contributed by atoms with E-state index in [1.54, 1.807) is 26.4 Å². The van der Waals surface area contributed by atoms with Crippen molar-refractivity contribution in [3.63, 3.8) is 0 Å². The number of anilines is 1. The summed E-state index contributed by atoms with van der Waals surface area (Å²) in [5.41, 5.74) is 10.3. The normalized spacial score (nSPS) is 19.2. The Morgan fingerprint density at radius 1 is 1.07 bits per heavy atom. The predicted octanol–water partition coefficient (Wildman–Crippen LogP) is 6.21. The monoisotopic (exact) mass is 835 g/mol. The van der Waals surface area contributed by atoms with Crippen molar-refractivity contribution in [3.8, 4) is 22.4 Å². The van der Waals surface area contributed by atoms with Gasteiger partial charge in [0.2, 0.25) is 17.7 Å². The third-order valence-electron chi connectivity index (χ3n) is 11.8. The number of rotatable bonds is 9. The number of fused-ring (bicyclic) bond motifs is 6. The average Bonchev–Trinajstić information content (AvgIpc) is 3.52. The number of cyclic esters (lactones) is 1. The number of methoxy groups -OCH3 is 1. The molecule has 2 aromatic heterocycles. The van der Waals surface area contributed by atoms with Crippen LogP contribution >= 0.6 is 0 Å². The lowest BCUT2D eigenvalue weighted by molar-refractivity contribution is -0.155. The van der Waals surface area contributed by atoms with Crippen LogP contribution in [0.2, 0.25) is 0 Å². The summed E-state index contributed by atoms with van der Waals surface area (Å²) in [6, 6.07) is 13.3. The summed E-state index contributed by atoms with van der Waals surface area (Å²) >= 11 is 0. The number of hydrogen-bond donors (Lipinski definition) is 3. The first-order valence-electron chi connectivity index (χ1n) is 21.3. The van der Waals surface area contributed by atoms with Crippen molar-refractivity contribution >= 4 is 46.2 Å². The molecule has 1 fully saturated rings. The van der Waals surface area contributed by atoms with Crippen molar-refractivity contribution in [2.24, 2.45) is 11.3 Å². The van der Waals surface area contributed by atoms with Gasteiger partial charge in [-0.15, -0.1) is 0 Å². The van der Waals surface area contributed by atoms with Gasteiger partial charge in [-0.25, -0.2) is 5.43 Å². The number of carbonyl (C=O) groups is 5. The number of aryl methyl sites for hydroxylation is 1. The van der Waals surface area contributed by atoms with Gasteiger partial charge >= 0.3 is 5.97 Å². The number of ether oxygens (including phenoxy) is 2. The number of likely N-dealkylation sites (N-methyl/N-ethyl adjacent to an activating group) is 1. The lowest BCUT2D eigenvalue weighted by Gasteiger charge is -2.36. The number of esters is 1. The second kappa shape index (κ2) is 18.6. The maximum atomic E-state index is 14.6. The number of aromatic nitrogens is 2. The quantitative estimate of drug-likeness (QED) is 0.167. The fourth-order valence-electron chi connectivity index (χ4n) is 8.74. The topological polar surface area (TPSA) is 164 Å². The second-order valence-corrected chi connectivity index (χ2v) is 17.6. The van der Waals surface area contributed by atoms with E-state index >= 15 is 0 Å². The van der Waals surface area contributed by atoms with E-state index < -0.39 is 41.3 Å². The smallest absolute Gasteiger partial charge is 0.324 e. The fourth-order valence-corrected chi connectivity index (χ4v) is 8.74. The van der Waals surface area contributed by atoms with Crippen LogP contribution in [-0.4, -0.2) is 94.5 Å². The summed E-state index contributed by atoms with van der Waals surface area (Å²) in [6.07, 6.45) is 3.09. The Morgan fingerprint density at radius 2 is 1.82 bits per heavy atom. The fraction of sp³-hybridized carbons (Fsp3) is 0.489. The Hall–Kier alpha value is -5.60. The van der Waals surface area contributed by atoms with Gasteiger partial charge in [0, 0.05) is 81.3 Å². The van der Waals surface area contributed by atoms with Crippen LogP contribution in [0, 0.1) is 11.3 Å². The van der Waals surface area contributed by atoms with Crippen LogP contribution in [-0.2, 0) is 52.8 Å². The molecule has 4 aromatic rings. The summed E-state index contributed by atoms with van der Waals surface area (Å²) < 4.78 is 14.2. The lowest BCUT2D eigenvalue weighted by Crippen LogP contribution is -2.62. The molecular formula is C47H61N7O7. The van der Waals surface area contributed by atoms with Crippen molar-refractivity contribution in [3.05, 3.63) is 71.5 Å². The zero-order chi connectivity index (χ0) is 44.3. The van der Waals surface area contributed by atoms with Gasteiger partial charge in [0.05, 0.1) is 24.1 Å². The molecule has 3 unspecified atom stereocenters. The standard InChI is InChI=1S/C47H61N7O7/c1-11-53-40-17-16-32-24-36(40)37(43(53)35-14-12-18-48-41(35)28(4)60-10)25-47(7,8)26-61-46(59)38-15-13-19-54(51-38)45(58)39(50-44(57)42(27(2)3)52(9)30(6)56)22-31-20-33(32)23-34(21-31)49-29(5)55/h12,14,16-18,20-21,23-24,27-28,38-39,42,51H,11,13,15,19,22,25-26H2,1-10H3,(H,49,55)(H,50,57)/t28?,38-,39?,42?/m0/s1. The minimum atomic E-state index is -1.10. The van der Waals surface area contributed by atoms with Gasteiger partial charge in [0.1, 0.15) is 18.1 Å². The first-order chi connectivity index (χ1) is 28.9. The third-order valence-corrected chi connectivity index (χ3v) is 11.8. The molecule has 0 saturated carbocycles. The highest BCUT2D eigenvalue weighted by Crippen LogP contribution is 2.42. The Morgan fingerprint density at radius 3 is 2.49 bits per heavy atom. The Balaban J connectivity index is 1.57. The molecule has 2 aliphatic heterocycles. The molecular weight excluding hydrogens is 775 g/mol. The van der Waals surface area contributed by atoms with Gasteiger partial charge in [0.25, 0.3) is 5.91 Å². The van der Waals surface area contributed by atoms with E-state index in [9.17, 15) is 24.0 Å². The van der Waals surface area contributed by atoms with Crippen LogP contribution in [0.1, 0.15) is 91.2 Å². The molecule has 326 valence electrons. The molecule has 6 bridgehead atoms. The molecule has 1 saturated heterocycles. The van der Waals surface area contributed by atoms with Crippen LogP contribution in [0.3, 0.4) is 0 Å². The van der Waals surface area contributed by atoms with Crippen LogP contribution in [0.15, 0.2) is 54.7 Å². The Bertz CT molecular complexity index is 2320. The number of carbonyl (C=O) groups excluding carboxylic acids is 5. The molecule has 4 atom stereocenters. The first kappa shape index (κ1) is 44.9. The molecule has 0 aliphatic carbocycles. The summed E-state index contributed by atoms with van der Waals surface area (Å²) in [5, 5.41) is 8.34. The van der Waals surface area contributed by atoms with Gasteiger partial charge in [-0.1, -0.05) is 39.8 Å². The van der Waals surface area contributed by atoms with E-state index in [4.69, 9.17) is 14.5 Å². The van der Waals surface area contributed by atoms with Gasteiger partial charge < -0.3 is 29.6 Å². The van der Waals surface area contributed by atoms with Crippen molar-refractivity contribution in [1.82, 2.24) is 30.2 Å². The van der Waals surface area contributed by atoms with Crippen molar-refractivity contribution in [2.75, 3.05) is 32.6 Å². The molecule has 2 aliphatic rings. The average molecular weight is 836 g/mol. The maximum Gasteiger partial charge on any atom is 0.324 e. The summed E-state index contributed by atoms with van der Waals surface area (Å²) in [5.74, 6) is -2.19. The molecule has 4 amide bonds. The first-order valence-corrected chi connectivity index (χ1v) is 21.3. The molecule has 61 heavy (non-hydrogen) atoms. The zero-order valence-corrected chi connectivity index (χ0v) is 37.2. The van der Waals surface area contributed by atoms with Crippen LogP contribution in [0.5, 0.6) is 0 Å². The third kappa shape index (κ3) is 9.81. The number of pyridine rings is 1. The number of hydrazine groups is 1. The van der Waals surface area contributed by atoms with E-state index in [0.717, 1.165) is 44.5 Å². The minimum absolute atomic E-state index is 0.0480. The number of nitrogens with zero attached hydrogens (tertiary/aromatic N) is 4. The molecule has 14 nitrogen and oxygen atoms in total. The SMILES string of the molecule is CCn1c(-c2cccnc2C(C)OC)c2c3cc(ccc31)-c1cc(cc(NC(C)=O)c1)CC(NC(=O)C(C(C)C)N(C)C(C)=O)C(=O)N1CCC[C@H](N1)C(=O)OCC(C)(C)C2. The summed E-state index contributed by atoms with van der Waals surface area (Å²) in [7, 11) is 3.24. The summed E-state index contributed by atoms with van der Waals surface area (Å²) in [4.78, 5) is 73.7. The van der Waals surface area contributed by atoms with E-state index in [1.165, 1.54) is 23.8 Å². The molecule has 14 heteroatoms. The van der Waals surface area contributed by atoms with Crippen LogP contribution < -0.4 is 16.1 Å². The van der Waals surface area contributed by atoms with Crippen LogP contribution in [0.25, 0.3) is 33.3 Å². The second-order valence-electron chi connectivity index (χ2n) is 17.6. The molecule has 0 spiro atoms.